The maximum absolute atomic E-state index is 7.66. The molecule has 0 N–H and O–H groups in total. The highest BCUT2D eigenvalue weighted by atomic mass is 16.5. The zero-order valence-electron chi connectivity index (χ0n) is 16.0. The highest BCUT2D eigenvalue weighted by Crippen LogP contribution is 2.22. The van der Waals surface area contributed by atoms with Crippen LogP contribution in [0.15, 0.2) is 30.5 Å². The molecule has 0 amide bonds. The highest BCUT2D eigenvalue weighted by Gasteiger charge is 2.08. The maximum atomic E-state index is 7.66. The zero-order valence-corrected chi connectivity index (χ0v) is 9.97. The van der Waals surface area contributed by atoms with E-state index in [1.807, 2.05) is 10.6 Å². The van der Waals surface area contributed by atoms with Crippen molar-refractivity contribution in [1.29, 1.82) is 0 Å². The van der Waals surface area contributed by atoms with Gasteiger partial charge in [0, 0.05) is 33.8 Å². The van der Waals surface area contributed by atoms with Gasteiger partial charge in [0.25, 0.3) is 0 Å². The van der Waals surface area contributed by atoms with Crippen LogP contribution in [0.25, 0.3) is 10.9 Å². The molecule has 0 unspecified atom stereocenters. The first-order valence-corrected chi connectivity index (χ1v) is 5.42. The van der Waals surface area contributed by atoms with Crippen LogP contribution in [-0.2, 0) is 6.54 Å². The average molecular weight is 238 g/mol. The Hall–Kier alpha value is -1.48. The third-order valence-corrected chi connectivity index (χ3v) is 2.85. The van der Waals surface area contributed by atoms with Gasteiger partial charge in [0.15, 0.2) is 0 Å². The molecule has 1 aromatic carbocycles. The van der Waals surface area contributed by atoms with Gasteiger partial charge in [-0.2, -0.15) is 0 Å². The minimum Gasteiger partial charge on any atom is -0.497 e. The van der Waals surface area contributed by atoms with E-state index in [2.05, 4.69) is 0 Å². The van der Waals surface area contributed by atoms with E-state index >= 15 is 0 Å². The number of likely N-dealkylation sites (N-methyl/N-ethyl adjacent to an activating group) is 1. The van der Waals surface area contributed by atoms with Crippen molar-refractivity contribution < 1.29 is 13.0 Å². The Labute approximate surface area is 111 Å². The number of nitrogens with zero attached hydrogens (tertiary/aromatic N) is 2. The summed E-state index contributed by atoms with van der Waals surface area (Å²) >= 11 is 0. The van der Waals surface area contributed by atoms with Crippen molar-refractivity contribution in [2.45, 2.75) is 19.4 Å². The van der Waals surface area contributed by atoms with Crippen LogP contribution < -0.4 is 4.74 Å². The van der Waals surface area contributed by atoms with Crippen LogP contribution in [0.4, 0.5) is 0 Å². The van der Waals surface area contributed by atoms with Gasteiger partial charge in [-0.3, -0.25) is 0 Å². The summed E-state index contributed by atoms with van der Waals surface area (Å²) in [5.74, 6) is 0.259. The van der Waals surface area contributed by atoms with E-state index in [0.29, 0.717) is 6.54 Å². The normalized spacial score (nSPS) is 19.9. The summed E-state index contributed by atoms with van der Waals surface area (Å²) in [5.41, 5.74) is 0.832. The SMILES string of the molecule is [2H]C([2H])([2H])Oc1ccc2c(ccn2C[C@H](N(C)C)C([2H])([2H])[2H])c1. The predicted octanol–water partition coefficient (Wildman–Crippen LogP) is 2.60. The molecule has 0 spiro atoms. The van der Waals surface area contributed by atoms with Crippen molar-refractivity contribution in [2.24, 2.45) is 0 Å². The van der Waals surface area contributed by atoms with E-state index < -0.39 is 19.9 Å². The molecule has 0 fully saturated rings. The van der Waals surface area contributed by atoms with E-state index in [-0.39, 0.29) is 5.75 Å². The molecule has 0 aliphatic carbocycles. The van der Waals surface area contributed by atoms with Crippen LogP contribution in [0.3, 0.4) is 0 Å². The lowest BCUT2D eigenvalue weighted by Gasteiger charge is -2.20. The molecule has 0 saturated heterocycles. The lowest BCUT2D eigenvalue weighted by molar-refractivity contribution is 0.286. The topological polar surface area (TPSA) is 17.4 Å². The minimum atomic E-state index is -2.49. The molecule has 0 aliphatic heterocycles. The van der Waals surface area contributed by atoms with Gasteiger partial charge < -0.3 is 14.2 Å². The highest BCUT2D eigenvalue weighted by molar-refractivity contribution is 5.81. The van der Waals surface area contributed by atoms with Gasteiger partial charge in [-0.15, -0.1) is 0 Å². The number of methoxy groups -OCH3 is 1. The molecule has 0 aliphatic rings. The summed E-state index contributed by atoms with van der Waals surface area (Å²) in [6.45, 7) is -1.78. The second-order valence-electron chi connectivity index (χ2n) is 4.27. The van der Waals surface area contributed by atoms with E-state index in [1.54, 1.807) is 43.4 Å². The summed E-state index contributed by atoms with van der Waals surface area (Å²) in [6.07, 6.45) is 1.80. The number of hydrogen-bond acceptors (Lipinski definition) is 2. The fraction of sp³-hybridized carbons (Fsp3) is 0.429. The fourth-order valence-electron chi connectivity index (χ4n) is 1.75. The Balaban J connectivity index is 2.30. The summed E-state index contributed by atoms with van der Waals surface area (Å²) in [5, 5.41) is 0.801. The quantitative estimate of drug-likeness (QED) is 0.814. The summed E-state index contributed by atoms with van der Waals surface area (Å²) in [7, 11) is 0.990. The molecular weight excluding hydrogens is 212 g/mol. The van der Waals surface area contributed by atoms with Gasteiger partial charge in [0.1, 0.15) is 5.75 Å². The van der Waals surface area contributed by atoms with E-state index in [1.165, 1.54) is 0 Å². The lowest BCUT2D eigenvalue weighted by atomic mass is 10.2. The Morgan fingerprint density at radius 3 is 3.00 bits per heavy atom. The van der Waals surface area contributed by atoms with Crippen LogP contribution in [0.1, 0.15) is 15.1 Å². The van der Waals surface area contributed by atoms with Crippen molar-refractivity contribution in [2.75, 3.05) is 21.1 Å². The van der Waals surface area contributed by atoms with Gasteiger partial charge in [-0.05, 0) is 45.2 Å². The molecule has 92 valence electrons. The molecule has 3 nitrogen and oxygen atoms in total. The van der Waals surface area contributed by atoms with E-state index in [0.717, 1.165) is 10.9 Å². The van der Waals surface area contributed by atoms with Crippen molar-refractivity contribution >= 4 is 10.9 Å². The van der Waals surface area contributed by atoms with Crippen LogP contribution in [-0.4, -0.2) is 36.6 Å². The molecule has 0 radical (unpaired) electrons. The molecule has 0 bridgehead atoms. The second kappa shape index (κ2) is 4.80. The van der Waals surface area contributed by atoms with E-state index in [4.69, 9.17) is 13.0 Å². The van der Waals surface area contributed by atoms with Crippen LogP contribution >= 0.6 is 0 Å². The van der Waals surface area contributed by atoms with Gasteiger partial charge >= 0.3 is 0 Å². The summed E-state index contributed by atoms with van der Waals surface area (Å²) in [6, 6.07) is 6.15. The molecule has 2 rings (SSSR count). The predicted molar refractivity (Wildman–Crippen MR) is 71.6 cm³/mol. The third-order valence-electron chi connectivity index (χ3n) is 2.85. The van der Waals surface area contributed by atoms with Crippen LogP contribution in [0.2, 0.25) is 0 Å². The van der Waals surface area contributed by atoms with Gasteiger partial charge in [0.2, 0.25) is 0 Å². The lowest BCUT2D eigenvalue weighted by Crippen LogP contribution is -2.28. The van der Waals surface area contributed by atoms with Crippen molar-refractivity contribution in [3.05, 3.63) is 30.5 Å². The molecular formula is C14H20N2O. The molecule has 1 aromatic heterocycles. The maximum Gasteiger partial charge on any atom is 0.119 e. The largest absolute Gasteiger partial charge is 0.497 e. The average Bonchev–Trinajstić information content (AvgIpc) is 2.74. The smallest absolute Gasteiger partial charge is 0.119 e. The number of aromatic nitrogens is 1. The van der Waals surface area contributed by atoms with Crippen molar-refractivity contribution in [3.8, 4) is 5.75 Å². The van der Waals surface area contributed by atoms with Crippen molar-refractivity contribution in [1.82, 2.24) is 9.47 Å². The first-order chi connectivity index (χ1) is 10.5. The fourth-order valence-corrected chi connectivity index (χ4v) is 1.75. The standard InChI is InChI=1S/C14H20N2O/c1-11(15(2)3)10-16-8-7-12-9-13(17-4)5-6-14(12)16/h5-9,11H,10H2,1-4H3/t11-/m1/s1/i1D3,4D3. The molecule has 0 saturated carbocycles. The summed E-state index contributed by atoms with van der Waals surface area (Å²) in [4.78, 5) is 1.69. The van der Waals surface area contributed by atoms with Gasteiger partial charge in [0.05, 0.1) is 11.2 Å². The molecule has 2 aromatic rings. The number of rotatable bonds is 4. The number of ether oxygens (including phenoxy) is 1. The first kappa shape index (κ1) is 6.45. The Morgan fingerprint density at radius 2 is 2.29 bits per heavy atom. The molecule has 1 heterocycles. The molecule has 1 atom stereocenters. The van der Waals surface area contributed by atoms with Crippen molar-refractivity contribution in [3.63, 3.8) is 0 Å². The monoisotopic (exact) mass is 238 g/mol. The van der Waals surface area contributed by atoms with Crippen LogP contribution in [0.5, 0.6) is 5.75 Å². The second-order valence-corrected chi connectivity index (χ2v) is 4.27. The van der Waals surface area contributed by atoms with Gasteiger partial charge in [-0.1, -0.05) is 0 Å². The molecule has 17 heavy (non-hydrogen) atoms. The number of hydrogen-bond donors (Lipinski definition) is 0. The Bertz CT molecular complexity index is 674. The Morgan fingerprint density at radius 1 is 1.41 bits per heavy atom. The Kier molecular flexibility index (Phi) is 1.82. The third kappa shape index (κ3) is 2.44. The zero-order chi connectivity index (χ0) is 17.4. The number of fused-ring (bicyclic) bond motifs is 1. The first-order valence-electron chi connectivity index (χ1n) is 8.42. The number of benzene rings is 1. The van der Waals surface area contributed by atoms with E-state index in [9.17, 15) is 0 Å². The van der Waals surface area contributed by atoms with Gasteiger partial charge in [-0.25, -0.2) is 0 Å². The van der Waals surface area contributed by atoms with Crippen LogP contribution in [0, 0.1) is 0 Å². The summed E-state index contributed by atoms with van der Waals surface area (Å²) < 4.78 is 51.1. The minimum absolute atomic E-state index is 0.259. The molecule has 3 heteroatoms.